The molecule has 0 aromatic carbocycles. The molecule has 9 heteroatoms. The molecule has 1 aromatic heterocycles. The zero-order valence-electron chi connectivity index (χ0n) is 16.5. The first-order chi connectivity index (χ1) is 12.4. The largest absolute Gasteiger partial charge is 0.351 e. The van der Waals surface area contributed by atoms with Gasteiger partial charge in [-0.25, -0.2) is 4.99 Å². The second kappa shape index (κ2) is 11.5. The smallest absolute Gasteiger partial charge is 0.243 e. The maximum Gasteiger partial charge on any atom is 0.243 e. The van der Waals surface area contributed by atoms with Crippen molar-refractivity contribution in [2.45, 2.75) is 20.4 Å². The number of carbonyl (C=O) groups is 2. The number of aliphatic imine (C=N–C) groups is 1. The highest BCUT2D eigenvalue weighted by Crippen LogP contribution is 2.10. The lowest BCUT2D eigenvalue weighted by Crippen LogP contribution is -2.54. The van der Waals surface area contributed by atoms with Crippen molar-refractivity contribution in [3.63, 3.8) is 0 Å². The van der Waals surface area contributed by atoms with Crippen molar-refractivity contribution in [1.29, 1.82) is 0 Å². The van der Waals surface area contributed by atoms with Crippen molar-refractivity contribution >= 4 is 53.1 Å². The molecule has 1 N–H and O–H groups in total. The zero-order chi connectivity index (χ0) is 19.1. The Bertz CT molecular complexity index is 626. The molecule has 1 fully saturated rings. The van der Waals surface area contributed by atoms with Crippen LogP contribution in [0.1, 0.15) is 18.7 Å². The summed E-state index contributed by atoms with van der Waals surface area (Å²) in [5, 5.41) is 5.41. The minimum Gasteiger partial charge on any atom is -0.351 e. The topological polar surface area (TPSA) is 68.2 Å². The molecule has 0 aliphatic carbocycles. The number of rotatable bonds is 5. The van der Waals surface area contributed by atoms with Gasteiger partial charge >= 0.3 is 0 Å². The second-order valence-electron chi connectivity index (χ2n) is 6.83. The maximum atomic E-state index is 12.2. The molecule has 0 unspecified atom stereocenters. The summed E-state index contributed by atoms with van der Waals surface area (Å²) in [5.74, 6) is 0.904. The first-order valence-electron chi connectivity index (χ1n) is 8.93. The molecule has 1 aromatic rings. The Kier molecular flexibility index (Phi) is 10.1. The lowest BCUT2D eigenvalue weighted by Gasteiger charge is -2.37. The number of hydrogen-bond donors (Lipinski definition) is 1. The number of carbonyl (C=O) groups excluding carboxylic acids is 2. The van der Waals surface area contributed by atoms with Crippen molar-refractivity contribution in [2.75, 3.05) is 46.8 Å². The van der Waals surface area contributed by atoms with Crippen molar-refractivity contribution < 1.29 is 9.59 Å². The van der Waals surface area contributed by atoms with Crippen molar-refractivity contribution in [2.24, 2.45) is 10.9 Å². The van der Waals surface area contributed by atoms with E-state index in [1.165, 1.54) is 4.88 Å². The third kappa shape index (κ3) is 7.28. The molecule has 27 heavy (non-hydrogen) atoms. The lowest BCUT2D eigenvalue weighted by atomic mass is 10.1. The van der Waals surface area contributed by atoms with Gasteiger partial charge in [0, 0.05) is 51.1 Å². The van der Waals surface area contributed by atoms with E-state index in [-0.39, 0.29) is 48.3 Å². The highest BCUT2D eigenvalue weighted by molar-refractivity contribution is 14.0. The van der Waals surface area contributed by atoms with Crippen LogP contribution in [0.3, 0.4) is 0 Å². The van der Waals surface area contributed by atoms with Crippen LogP contribution in [0.15, 0.2) is 22.5 Å². The minimum absolute atomic E-state index is 0. The Morgan fingerprint density at radius 1 is 1.22 bits per heavy atom. The normalized spacial score (nSPS) is 14.8. The summed E-state index contributed by atoms with van der Waals surface area (Å²) in [5.41, 5.74) is 0. The van der Waals surface area contributed by atoms with E-state index in [9.17, 15) is 9.59 Å². The van der Waals surface area contributed by atoms with Crippen LogP contribution in [-0.4, -0.2) is 79.3 Å². The summed E-state index contributed by atoms with van der Waals surface area (Å²) >= 11 is 1.68. The molecule has 1 saturated heterocycles. The van der Waals surface area contributed by atoms with E-state index in [1.807, 2.05) is 30.2 Å². The molecule has 1 aliphatic heterocycles. The van der Waals surface area contributed by atoms with Crippen molar-refractivity contribution in [3.05, 3.63) is 22.4 Å². The number of hydrogen-bond acceptors (Lipinski definition) is 4. The van der Waals surface area contributed by atoms with Gasteiger partial charge in [-0.3, -0.25) is 9.59 Å². The van der Waals surface area contributed by atoms with E-state index in [4.69, 9.17) is 0 Å². The van der Waals surface area contributed by atoms with Crippen LogP contribution in [0.25, 0.3) is 0 Å². The molecule has 0 radical (unpaired) electrons. The molecule has 1 aliphatic rings. The SMILES string of the molecule is CC(C)C(=O)N1CCN(C(=NCC(=O)N(C)C)NCc2cccs2)CC1.I. The number of piperazine rings is 1. The molecule has 152 valence electrons. The van der Waals surface area contributed by atoms with Gasteiger partial charge in [0.1, 0.15) is 6.54 Å². The first-order valence-corrected chi connectivity index (χ1v) is 9.81. The highest BCUT2D eigenvalue weighted by Gasteiger charge is 2.24. The number of nitrogens with one attached hydrogen (secondary N) is 1. The number of amides is 2. The van der Waals surface area contributed by atoms with Gasteiger partial charge in [0.2, 0.25) is 11.8 Å². The summed E-state index contributed by atoms with van der Waals surface area (Å²) in [6.07, 6.45) is 0. The molecule has 0 spiro atoms. The fourth-order valence-electron chi connectivity index (χ4n) is 2.63. The monoisotopic (exact) mass is 507 g/mol. The van der Waals surface area contributed by atoms with E-state index in [0.717, 1.165) is 5.96 Å². The maximum absolute atomic E-state index is 12.2. The highest BCUT2D eigenvalue weighted by atomic mass is 127. The summed E-state index contributed by atoms with van der Waals surface area (Å²) < 4.78 is 0. The van der Waals surface area contributed by atoms with Crippen LogP contribution in [0.4, 0.5) is 0 Å². The summed E-state index contributed by atoms with van der Waals surface area (Å²) in [6, 6.07) is 4.09. The number of nitrogens with zero attached hydrogens (tertiary/aromatic N) is 4. The Labute approximate surface area is 182 Å². The Balaban J connectivity index is 0.00000364. The quantitative estimate of drug-likeness (QED) is 0.375. The van der Waals surface area contributed by atoms with E-state index >= 15 is 0 Å². The van der Waals surface area contributed by atoms with Gasteiger partial charge in [-0.15, -0.1) is 35.3 Å². The predicted octanol–water partition coefficient (Wildman–Crippen LogP) is 1.70. The van der Waals surface area contributed by atoms with Gasteiger partial charge in [0.15, 0.2) is 5.96 Å². The Morgan fingerprint density at radius 2 is 1.85 bits per heavy atom. The summed E-state index contributed by atoms with van der Waals surface area (Å²) in [4.78, 5) is 35.4. The molecular weight excluding hydrogens is 477 g/mol. The molecule has 2 rings (SSSR count). The second-order valence-corrected chi connectivity index (χ2v) is 7.86. The molecule has 0 atom stereocenters. The number of likely N-dealkylation sites (N-methyl/N-ethyl adjacent to an activating group) is 1. The molecule has 0 saturated carbocycles. The fourth-order valence-corrected chi connectivity index (χ4v) is 3.28. The number of halogens is 1. The van der Waals surface area contributed by atoms with E-state index in [0.29, 0.717) is 32.7 Å². The predicted molar refractivity (Wildman–Crippen MR) is 121 cm³/mol. The van der Waals surface area contributed by atoms with Crippen LogP contribution < -0.4 is 5.32 Å². The standard InChI is InChI=1S/C18H29N5O2S.HI/c1-14(2)17(25)22-7-9-23(10-8-22)18(20-13-16(24)21(3)4)19-12-15-6-5-11-26-15;/h5-6,11,14H,7-10,12-13H2,1-4H3,(H,19,20);1H. The third-order valence-corrected chi connectivity index (χ3v) is 5.12. The average molecular weight is 507 g/mol. The van der Waals surface area contributed by atoms with Crippen LogP contribution in [0, 0.1) is 5.92 Å². The van der Waals surface area contributed by atoms with Crippen LogP contribution >= 0.6 is 35.3 Å². The molecular formula is C18H30IN5O2S. The zero-order valence-corrected chi connectivity index (χ0v) is 19.6. The van der Waals surface area contributed by atoms with E-state index in [1.54, 1.807) is 30.3 Å². The first kappa shape index (κ1) is 23.7. The number of guanidine groups is 1. The van der Waals surface area contributed by atoms with Gasteiger partial charge in [-0.2, -0.15) is 0 Å². The van der Waals surface area contributed by atoms with Gasteiger partial charge in [-0.1, -0.05) is 19.9 Å². The van der Waals surface area contributed by atoms with Crippen LogP contribution in [-0.2, 0) is 16.1 Å². The summed E-state index contributed by atoms with van der Waals surface area (Å²) in [7, 11) is 3.46. The van der Waals surface area contributed by atoms with Gasteiger partial charge in [0.25, 0.3) is 0 Å². The van der Waals surface area contributed by atoms with Gasteiger partial charge in [0.05, 0.1) is 6.54 Å². The van der Waals surface area contributed by atoms with Gasteiger partial charge < -0.3 is 20.0 Å². The van der Waals surface area contributed by atoms with E-state index in [2.05, 4.69) is 21.3 Å². The molecule has 7 nitrogen and oxygen atoms in total. The average Bonchev–Trinajstić information content (AvgIpc) is 3.14. The fraction of sp³-hybridized carbons (Fsp3) is 0.611. The molecule has 0 bridgehead atoms. The van der Waals surface area contributed by atoms with Crippen molar-refractivity contribution in [3.8, 4) is 0 Å². The van der Waals surface area contributed by atoms with Crippen LogP contribution in [0.5, 0.6) is 0 Å². The summed E-state index contributed by atoms with van der Waals surface area (Å²) in [6.45, 7) is 7.43. The lowest BCUT2D eigenvalue weighted by molar-refractivity contribution is -0.135. The minimum atomic E-state index is -0.0333. The van der Waals surface area contributed by atoms with Crippen molar-refractivity contribution in [1.82, 2.24) is 20.0 Å². The van der Waals surface area contributed by atoms with Crippen LogP contribution in [0.2, 0.25) is 0 Å². The van der Waals surface area contributed by atoms with E-state index < -0.39 is 0 Å². The van der Waals surface area contributed by atoms with Gasteiger partial charge in [-0.05, 0) is 11.4 Å². The Hall–Kier alpha value is -1.36. The molecule has 2 amide bonds. The molecule has 2 heterocycles. The third-order valence-electron chi connectivity index (χ3n) is 4.25. The Morgan fingerprint density at radius 3 is 2.37 bits per heavy atom. The number of thiophene rings is 1.